The molecule has 2 N–H and O–H groups in total. The van der Waals surface area contributed by atoms with Gasteiger partial charge >= 0.3 is 0 Å². The van der Waals surface area contributed by atoms with E-state index in [1.807, 2.05) is 49.4 Å². The molecule has 0 fully saturated rings. The average Bonchev–Trinajstić information content (AvgIpc) is 2.53. The number of ether oxygens (including phenoxy) is 1. The average molecular weight is 278 g/mol. The Morgan fingerprint density at radius 2 is 1.67 bits per heavy atom. The summed E-state index contributed by atoms with van der Waals surface area (Å²) < 4.78 is 5.17. The van der Waals surface area contributed by atoms with Crippen LogP contribution in [0.1, 0.15) is 22.9 Å². The van der Waals surface area contributed by atoms with Crippen LogP contribution in [0.3, 0.4) is 0 Å². The molecule has 3 heteroatoms. The summed E-state index contributed by atoms with van der Waals surface area (Å²) in [4.78, 5) is 4.51. The van der Waals surface area contributed by atoms with Gasteiger partial charge in [-0.05, 0) is 48.4 Å². The van der Waals surface area contributed by atoms with E-state index in [2.05, 4.69) is 17.1 Å². The van der Waals surface area contributed by atoms with E-state index in [9.17, 15) is 0 Å². The van der Waals surface area contributed by atoms with E-state index in [1.54, 1.807) is 7.11 Å². The van der Waals surface area contributed by atoms with Gasteiger partial charge in [0.05, 0.1) is 18.7 Å². The van der Waals surface area contributed by atoms with Crippen molar-refractivity contribution in [3.63, 3.8) is 0 Å². The zero-order valence-electron chi connectivity index (χ0n) is 12.2. The van der Waals surface area contributed by atoms with Gasteiger partial charge in [-0.2, -0.15) is 0 Å². The summed E-state index contributed by atoms with van der Waals surface area (Å²) in [5.41, 5.74) is 10.5. The molecule has 0 bridgehead atoms. The van der Waals surface area contributed by atoms with Crippen LogP contribution in [0.15, 0.2) is 54.6 Å². The van der Waals surface area contributed by atoms with Crippen LogP contribution < -0.4 is 10.5 Å². The van der Waals surface area contributed by atoms with E-state index < -0.39 is 0 Å². The molecule has 1 unspecified atom stereocenters. The number of benzene rings is 2. The van der Waals surface area contributed by atoms with E-state index in [-0.39, 0.29) is 6.04 Å². The maximum atomic E-state index is 6.37. The second kappa shape index (κ2) is 5.54. The van der Waals surface area contributed by atoms with Crippen molar-refractivity contribution in [2.75, 3.05) is 7.11 Å². The van der Waals surface area contributed by atoms with Gasteiger partial charge in [0.1, 0.15) is 5.75 Å². The molecule has 0 amide bonds. The van der Waals surface area contributed by atoms with Crippen molar-refractivity contribution in [2.24, 2.45) is 5.73 Å². The van der Waals surface area contributed by atoms with Crippen LogP contribution in [-0.2, 0) is 0 Å². The third-order valence-electron chi connectivity index (χ3n) is 3.69. The Balaban J connectivity index is 1.96. The predicted molar refractivity (Wildman–Crippen MR) is 85.5 cm³/mol. The molecule has 0 radical (unpaired) electrons. The highest BCUT2D eigenvalue weighted by Gasteiger charge is 2.10. The summed E-state index contributed by atoms with van der Waals surface area (Å²) in [6.45, 7) is 2.00. The van der Waals surface area contributed by atoms with Crippen molar-refractivity contribution in [1.29, 1.82) is 0 Å². The minimum Gasteiger partial charge on any atom is -0.497 e. The molecule has 0 aliphatic heterocycles. The lowest BCUT2D eigenvalue weighted by molar-refractivity contribution is 0.414. The molecule has 0 aliphatic carbocycles. The van der Waals surface area contributed by atoms with Gasteiger partial charge in [-0.3, -0.25) is 4.98 Å². The Bertz CT molecular complexity index is 766. The number of methoxy groups -OCH3 is 1. The summed E-state index contributed by atoms with van der Waals surface area (Å²) in [6, 6.07) is 18.0. The summed E-state index contributed by atoms with van der Waals surface area (Å²) in [5.74, 6) is 0.837. The maximum absolute atomic E-state index is 6.37. The zero-order valence-corrected chi connectivity index (χ0v) is 12.2. The lowest BCUT2D eigenvalue weighted by Gasteiger charge is -2.14. The Labute approximate surface area is 124 Å². The van der Waals surface area contributed by atoms with E-state index in [1.165, 1.54) is 0 Å². The predicted octanol–water partition coefficient (Wildman–Crippen LogP) is 3.60. The Hall–Kier alpha value is -2.39. The SMILES string of the molecule is COc1ccc(C(N)c2ccc3nc(C)ccc3c2)cc1. The molecule has 3 rings (SSSR count). The van der Waals surface area contributed by atoms with Crippen LogP contribution in [0.2, 0.25) is 0 Å². The first-order valence-corrected chi connectivity index (χ1v) is 6.94. The van der Waals surface area contributed by atoms with Crippen LogP contribution in [-0.4, -0.2) is 12.1 Å². The molecule has 3 aromatic rings. The van der Waals surface area contributed by atoms with Gasteiger partial charge in [0.2, 0.25) is 0 Å². The fourth-order valence-corrected chi connectivity index (χ4v) is 2.44. The van der Waals surface area contributed by atoms with E-state index in [0.717, 1.165) is 33.5 Å². The number of aryl methyl sites for hydroxylation is 1. The van der Waals surface area contributed by atoms with E-state index in [4.69, 9.17) is 10.5 Å². The van der Waals surface area contributed by atoms with Gasteiger partial charge in [0.25, 0.3) is 0 Å². The van der Waals surface area contributed by atoms with E-state index >= 15 is 0 Å². The van der Waals surface area contributed by atoms with Crippen molar-refractivity contribution >= 4 is 10.9 Å². The fraction of sp³-hybridized carbons (Fsp3) is 0.167. The van der Waals surface area contributed by atoms with Crippen LogP contribution in [0.5, 0.6) is 5.75 Å². The van der Waals surface area contributed by atoms with Gasteiger partial charge in [0.15, 0.2) is 0 Å². The van der Waals surface area contributed by atoms with E-state index in [0.29, 0.717) is 0 Å². The summed E-state index contributed by atoms with van der Waals surface area (Å²) in [6.07, 6.45) is 0. The zero-order chi connectivity index (χ0) is 14.8. The molecule has 1 aromatic heterocycles. The molecule has 0 saturated carbocycles. The van der Waals surface area contributed by atoms with Gasteiger partial charge in [0, 0.05) is 11.1 Å². The number of aromatic nitrogens is 1. The highest BCUT2D eigenvalue weighted by Crippen LogP contribution is 2.24. The molecule has 0 aliphatic rings. The number of hydrogen-bond acceptors (Lipinski definition) is 3. The first-order valence-electron chi connectivity index (χ1n) is 6.94. The first-order chi connectivity index (χ1) is 10.2. The molecule has 1 heterocycles. The standard InChI is InChI=1S/C18H18N2O/c1-12-3-4-14-11-15(7-10-17(14)20-12)18(19)13-5-8-16(21-2)9-6-13/h3-11,18H,19H2,1-2H3. The molecule has 106 valence electrons. The van der Waals surface area contributed by atoms with Crippen molar-refractivity contribution < 1.29 is 4.74 Å². The molecule has 0 spiro atoms. The summed E-state index contributed by atoms with van der Waals surface area (Å²) in [7, 11) is 1.66. The van der Waals surface area contributed by atoms with Gasteiger partial charge in [-0.15, -0.1) is 0 Å². The topological polar surface area (TPSA) is 48.1 Å². The first kappa shape index (κ1) is 13.6. The lowest BCUT2D eigenvalue weighted by atomic mass is 9.98. The number of nitrogens with zero attached hydrogens (tertiary/aromatic N) is 1. The van der Waals surface area contributed by atoms with Gasteiger partial charge in [-0.1, -0.05) is 24.3 Å². The fourth-order valence-electron chi connectivity index (χ4n) is 2.44. The third kappa shape index (κ3) is 2.73. The van der Waals surface area contributed by atoms with Crippen LogP contribution in [0, 0.1) is 6.92 Å². The summed E-state index contributed by atoms with van der Waals surface area (Å²) in [5, 5.41) is 1.11. The van der Waals surface area contributed by atoms with Crippen molar-refractivity contribution in [3.05, 3.63) is 71.4 Å². The Morgan fingerprint density at radius 3 is 2.38 bits per heavy atom. The minimum atomic E-state index is -0.151. The summed E-state index contributed by atoms with van der Waals surface area (Å²) >= 11 is 0. The smallest absolute Gasteiger partial charge is 0.118 e. The highest BCUT2D eigenvalue weighted by molar-refractivity contribution is 5.79. The molecular formula is C18H18N2O. The number of fused-ring (bicyclic) bond motifs is 1. The quantitative estimate of drug-likeness (QED) is 0.796. The van der Waals surface area contributed by atoms with Crippen LogP contribution >= 0.6 is 0 Å². The highest BCUT2D eigenvalue weighted by atomic mass is 16.5. The monoisotopic (exact) mass is 278 g/mol. The van der Waals surface area contributed by atoms with Crippen molar-refractivity contribution in [2.45, 2.75) is 13.0 Å². The van der Waals surface area contributed by atoms with Gasteiger partial charge in [-0.25, -0.2) is 0 Å². The molecule has 0 saturated heterocycles. The number of pyridine rings is 1. The van der Waals surface area contributed by atoms with Crippen LogP contribution in [0.25, 0.3) is 10.9 Å². The molecule has 3 nitrogen and oxygen atoms in total. The minimum absolute atomic E-state index is 0.151. The normalized spacial score (nSPS) is 12.3. The second-order valence-electron chi connectivity index (χ2n) is 5.16. The Kier molecular flexibility index (Phi) is 3.59. The van der Waals surface area contributed by atoms with Crippen molar-refractivity contribution in [1.82, 2.24) is 4.98 Å². The Morgan fingerprint density at radius 1 is 0.952 bits per heavy atom. The van der Waals surface area contributed by atoms with Crippen molar-refractivity contribution in [3.8, 4) is 5.75 Å². The molecule has 2 aromatic carbocycles. The largest absolute Gasteiger partial charge is 0.497 e. The second-order valence-corrected chi connectivity index (χ2v) is 5.16. The number of rotatable bonds is 3. The lowest BCUT2D eigenvalue weighted by Crippen LogP contribution is -2.11. The third-order valence-corrected chi connectivity index (χ3v) is 3.69. The molecular weight excluding hydrogens is 260 g/mol. The molecule has 1 atom stereocenters. The maximum Gasteiger partial charge on any atom is 0.118 e. The number of hydrogen-bond donors (Lipinski definition) is 1. The van der Waals surface area contributed by atoms with Gasteiger partial charge < -0.3 is 10.5 Å². The molecule has 21 heavy (non-hydrogen) atoms. The number of nitrogens with two attached hydrogens (primary N) is 1. The van der Waals surface area contributed by atoms with Crippen LogP contribution in [0.4, 0.5) is 0 Å².